The minimum atomic E-state index is -4.52. The van der Waals surface area contributed by atoms with E-state index in [1.54, 1.807) is 32.1 Å². The summed E-state index contributed by atoms with van der Waals surface area (Å²) in [5.74, 6) is -2.99. The second kappa shape index (κ2) is 21.2. The van der Waals surface area contributed by atoms with Crippen molar-refractivity contribution in [3.05, 3.63) is 98.7 Å². The summed E-state index contributed by atoms with van der Waals surface area (Å²) in [7, 11) is -9.03. The smallest absolute Gasteiger partial charge is 0.748 e. The van der Waals surface area contributed by atoms with Crippen LogP contribution in [0.15, 0.2) is 81.2 Å². The van der Waals surface area contributed by atoms with Crippen LogP contribution < -0.4 is 80.4 Å². The van der Waals surface area contributed by atoms with Crippen LogP contribution in [0.4, 0.5) is 0 Å². The maximum absolute atomic E-state index is 12.7. The van der Waals surface area contributed by atoms with Crippen LogP contribution in [-0.2, 0) is 52.3 Å². The number of hydrogen-bond donors (Lipinski definition) is 5. The maximum atomic E-state index is 12.7. The van der Waals surface area contributed by atoms with Gasteiger partial charge < -0.3 is 35.4 Å². The molecule has 57 heavy (non-hydrogen) atoms. The van der Waals surface area contributed by atoms with Crippen LogP contribution in [0.5, 0.6) is 0 Å². The van der Waals surface area contributed by atoms with Crippen molar-refractivity contribution in [1.29, 1.82) is 0 Å². The number of carbonyl (C=O) groups excluding carboxylic acids is 4. The summed E-state index contributed by atoms with van der Waals surface area (Å²) in [6, 6.07) is -0.537. The Morgan fingerprint density at radius 3 is 1.84 bits per heavy atom. The van der Waals surface area contributed by atoms with Gasteiger partial charge in [-0.25, -0.2) is 16.8 Å². The summed E-state index contributed by atoms with van der Waals surface area (Å²) in [6.07, 6.45) is 7.16. The van der Waals surface area contributed by atoms with Gasteiger partial charge in [-0.1, -0.05) is 25.3 Å². The molecule has 20 heteroatoms. The monoisotopic (exact) mass is 842 g/mol. The quantitative estimate of drug-likeness (QED) is 0.0700. The molecule has 0 saturated heterocycles. The average molecular weight is 843 g/mol. The van der Waals surface area contributed by atoms with Gasteiger partial charge in [0.15, 0.2) is 0 Å². The second-order valence-corrected chi connectivity index (χ2v) is 16.3. The number of hydrogen-bond acceptors (Lipinski definition) is 11. The fourth-order valence-electron chi connectivity index (χ4n) is 6.55. The third-order valence-corrected chi connectivity index (χ3v) is 11.0. The van der Waals surface area contributed by atoms with Crippen LogP contribution in [0.25, 0.3) is 6.08 Å². The van der Waals surface area contributed by atoms with Crippen molar-refractivity contribution in [3.63, 3.8) is 0 Å². The molecule has 4 rings (SSSR count). The van der Waals surface area contributed by atoms with Gasteiger partial charge in [0.25, 0.3) is 11.8 Å². The molecule has 5 N–H and O–H groups in total. The van der Waals surface area contributed by atoms with Gasteiger partial charge in [-0.15, -0.1) is 0 Å². The van der Waals surface area contributed by atoms with Gasteiger partial charge in [0.05, 0.1) is 49.2 Å². The Bertz CT molecular complexity index is 2270. The molecule has 3 aliphatic rings. The van der Waals surface area contributed by atoms with Crippen molar-refractivity contribution in [3.8, 4) is 0 Å². The van der Waals surface area contributed by atoms with E-state index in [-0.39, 0.29) is 116 Å². The van der Waals surface area contributed by atoms with E-state index in [9.17, 15) is 45.1 Å². The number of amides is 4. The van der Waals surface area contributed by atoms with Crippen LogP contribution >= 0.6 is 0 Å². The molecule has 0 spiro atoms. The van der Waals surface area contributed by atoms with Crippen LogP contribution in [0.2, 0.25) is 0 Å². The van der Waals surface area contributed by atoms with Crippen molar-refractivity contribution in [2.24, 2.45) is 4.99 Å². The molecular formula is C37H44N6Na2O10S2. The van der Waals surface area contributed by atoms with Crippen molar-refractivity contribution in [2.45, 2.75) is 65.8 Å². The van der Waals surface area contributed by atoms with E-state index >= 15 is 0 Å². The number of aromatic nitrogens is 1. The van der Waals surface area contributed by atoms with Crippen LogP contribution in [0.1, 0.15) is 62.5 Å². The summed E-state index contributed by atoms with van der Waals surface area (Å²) < 4.78 is 66.1. The van der Waals surface area contributed by atoms with Gasteiger partial charge in [0.2, 0.25) is 11.8 Å². The Hall–Kier alpha value is -3.17. The normalized spacial score (nSPS) is 18.4. The first kappa shape index (κ1) is 50.0. The minimum Gasteiger partial charge on any atom is -0.748 e. The minimum absolute atomic E-state index is 0. The number of rotatable bonds is 18. The van der Waals surface area contributed by atoms with Crippen molar-refractivity contribution < 1.29 is 104 Å². The Labute approximate surface area is 377 Å². The molecule has 16 nitrogen and oxygen atoms in total. The Kier molecular flexibility index (Phi) is 18.6. The number of allylic oxidation sites excluding steroid dienone is 4. The van der Waals surface area contributed by atoms with Crippen molar-refractivity contribution in [1.82, 2.24) is 26.3 Å². The molecule has 1 aromatic heterocycles. The number of H-pyrrole nitrogens is 1. The zero-order valence-electron chi connectivity index (χ0n) is 33.0. The van der Waals surface area contributed by atoms with Crippen LogP contribution in [-0.4, -0.2) is 90.9 Å². The Balaban J connectivity index is 0.00000561. The fourth-order valence-corrected chi connectivity index (χ4v) is 7.25. The molecule has 0 bridgehead atoms. The molecule has 296 valence electrons. The van der Waals surface area contributed by atoms with Crippen molar-refractivity contribution in [2.75, 3.05) is 24.6 Å². The molecule has 3 aliphatic heterocycles. The third-order valence-electron chi connectivity index (χ3n) is 9.60. The maximum Gasteiger partial charge on any atom is 1.00 e. The Morgan fingerprint density at radius 1 is 0.772 bits per heavy atom. The summed E-state index contributed by atoms with van der Waals surface area (Å²) in [5, 5.41) is 10.6. The average Bonchev–Trinajstić information content (AvgIpc) is 3.73. The van der Waals surface area contributed by atoms with Gasteiger partial charge in [-0.05, 0) is 80.5 Å². The third kappa shape index (κ3) is 13.4. The molecule has 0 saturated carbocycles. The largest absolute Gasteiger partial charge is 1.00 e. The van der Waals surface area contributed by atoms with Crippen LogP contribution in [0.3, 0.4) is 0 Å². The molecule has 4 amide bonds. The molecular weight excluding hydrogens is 799 g/mol. The zero-order chi connectivity index (χ0) is 40.8. The summed E-state index contributed by atoms with van der Waals surface area (Å²) >= 11 is 0. The topological polar surface area (TPSA) is 259 Å². The number of nitrogens with one attached hydrogen (secondary N) is 5. The Morgan fingerprint density at radius 2 is 1.32 bits per heavy atom. The molecule has 1 aromatic rings. The second-order valence-electron chi connectivity index (χ2n) is 13.2. The van der Waals surface area contributed by atoms with Gasteiger partial charge in [-0.3, -0.25) is 24.2 Å². The van der Waals surface area contributed by atoms with E-state index in [4.69, 9.17) is 4.99 Å². The molecule has 0 aliphatic carbocycles. The first-order valence-corrected chi connectivity index (χ1v) is 20.5. The van der Waals surface area contributed by atoms with Gasteiger partial charge >= 0.3 is 59.1 Å². The standard InChI is InChI=1S/C37H46N6O10S2.2Na/c1-7-24-23(6)36(46)43-31(24)18-29-22(5)27(10-12-35(45)39-14-16-55(51,52)53)33(41-29)19-32-26(9-11-34(44)38-13-15-54(48,49)50)21(4)28(40-32)17-30-20(3)25(8-2)37(47)42-30;;/h7-8,17-18,33,40H,1-2,9-16,19H2,3-6H3,(H,38,44)(H,39,45)(H,42,47)(H,43,46)(H,48,49,50)(H,51,52,53);;/q;2*+1/p-2/b30-17?,31-18-;;. The van der Waals surface area contributed by atoms with E-state index in [0.717, 1.165) is 22.3 Å². The molecule has 1 atom stereocenters. The van der Waals surface area contributed by atoms with E-state index in [0.29, 0.717) is 50.8 Å². The van der Waals surface area contributed by atoms with E-state index in [1.165, 1.54) is 6.08 Å². The number of aromatic amines is 1. The molecule has 0 fully saturated rings. The first-order valence-electron chi connectivity index (χ1n) is 17.3. The number of aliphatic imine (C=N–C) groups is 1. The SMILES string of the molecule is C=CC1=C(C)C(=Cc2[nH]c(CC3N=C(/C=C4\NC(=O)C(C)=C4C=C)C(C)=C3CCC(=O)NCCS(=O)(=O)[O-])c(CCC(=O)NCCS(=O)(=O)[O-])c2C)NC1=O.[Na+].[Na+]. The summed E-state index contributed by atoms with van der Waals surface area (Å²) in [6.45, 7) is 14.0. The number of carbonyl (C=O) groups is 4. The predicted octanol–water partition coefficient (Wildman–Crippen LogP) is -4.46. The van der Waals surface area contributed by atoms with E-state index in [2.05, 4.69) is 39.4 Å². The van der Waals surface area contributed by atoms with Gasteiger partial charge in [0.1, 0.15) is 0 Å². The molecule has 0 aromatic carbocycles. The molecule has 0 radical (unpaired) electrons. The van der Waals surface area contributed by atoms with E-state index in [1.807, 2.05) is 13.8 Å². The molecule has 1 unspecified atom stereocenters. The van der Waals surface area contributed by atoms with E-state index < -0.39 is 49.6 Å². The van der Waals surface area contributed by atoms with Crippen LogP contribution in [0, 0.1) is 6.92 Å². The molecule has 4 heterocycles. The number of nitrogens with zero attached hydrogens (tertiary/aromatic N) is 1. The summed E-state index contributed by atoms with van der Waals surface area (Å²) in [4.78, 5) is 58.9. The van der Waals surface area contributed by atoms with Gasteiger partial charge in [0, 0.05) is 66.2 Å². The fraction of sp³-hybridized carbons (Fsp3) is 0.378. The predicted molar refractivity (Wildman–Crippen MR) is 204 cm³/mol. The summed E-state index contributed by atoms with van der Waals surface area (Å²) in [5.41, 5.74) is 8.26. The van der Waals surface area contributed by atoms with Crippen molar-refractivity contribution >= 4 is 55.7 Å². The zero-order valence-corrected chi connectivity index (χ0v) is 38.6. The first-order chi connectivity index (χ1) is 25.7. The van der Waals surface area contributed by atoms with Gasteiger partial charge in [-0.2, -0.15) is 0 Å².